The van der Waals surface area contributed by atoms with Crippen molar-refractivity contribution in [3.63, 3.8) is 0 Å². The molecule has 7 fully saturated rings. The minimum Gasteiger partial charge on any atom is -0.492 e. The summed E-state index contributed by atoms with van der Waals surface area (Å²) >= 11 is 0. The molecule has 4 aliphatic carbocycles. The average Bonchev–Trinajstić information content (AvgIpc) is 3.59. The van der Waals surface area contributed by atoms with Gasteiger partial charge in [-0.2, -0.15) is 0 Å². The van der Waals surface area contributed by atoms with E-state index in [1.807, 2.05) is 0 Å². The van der Waals surface area contributed by atoms with Crippen molar-refractivity contribution in [1.82, 2.24) is 0 Å². The fourth-order valence-electron chi connectivity index (χ4n) is 9.72. The molecule has 3 saturated heterocycles. The van der Waals surface area contributed by atoms with Gasteiger partial charge >= 0.3 is 5.97 Å². The highest BCUT2D eigenvalue weighted by molar-refractivity contribution is 5.89. The van der Waals surface area contributed by atoms with Crippen molar-refractivity contribution in [1.29, 1.82) is 0 Å². The fraction of sp³-hybridized carbons (Fsp3) is 0.840. The quantitative estimate of drug-likeness (QED) is 0.471. The monoisotopic (exact) mass is 428 g/mol. The van der Waals surface area contributed by atoms with Crippen LogP contribution in [0.2, 0.25) is 0 Å². The number of hydrogen-bond acceptors (Lipinski definition) is 6. The van der Waals surface area contributed by atoms with Crippen molar-refractivity contribution < 1.29 is 28.5 Å². The van der Waals surface area contributed by atoms with Crippen LogP contribution < -0.4 is 0 Å². The summed E-state index contributed by atoms with van der Waals surface area (Å²) in [5.41, 5.74) is -1.44. The number of epoxide rings is 2. The van der Waals surface area contributed by atoms with Crippen LogP contribution in [-0.4, -0.2) is 47.9 Å². The number of Topliss-reactive ketones (excluding diaryl/α,β-unsaturated/α-hetero) is 1. The summed E-state index contributed by atoms with van der Waals surface area (Å²) in [7, 11) is 1.48. The van der Waals surface area contributed by atoms with Gasteiger partial charge in [0.1, 0.15) is 22.9 Å². The summed E-state index contributed by atoms with van der Waals surface area (Å²) in [6.45, 7) is 8.77. The third-order valence-corrected chi connectivity index (χ3v) is 11.3. The summed E-state index contributed by atoms with van der Waals surface area (Å²) in [5.74, 6) is 1.01. The lowest BCUT2D eigenvalue weighted by molar-refractivity contribution is -0.178. The maximum Gasteiger partial charge on any atom is 0.309 e. The van der Waals surface area contributed by atoms with Crippen molar-refractivity contribution in [2.24, 2.45) is 28.6 Å². The first kappa shape index (κ1) is 19.1. The molecule has 3 spiro atoms. The fourth-order valence-corrected chi connectivity index (χ4v) is 9.72. The van der Waals surface area contributed by atoms with E-state index in [4.69, 9.17) is 18.9 Å². The Kier molecular flexibility index (Phi) is 3.22. The Labute approximate surface area is 183 Å². The van der Waals surface area contributed by atoms with Gasteiger partial charge in [0.2, 0.25) is 0 Å². The molecule has 0 aromatic rings. The van der Waals surface area contributed by atoms with Gasteiger partial charge in [0.25, 0.3) is 0 Å². The number of fused-ring (bicyclic) bond motifs is 3. The van der Waals surface area contributed by atoms with E-state index >= 15 is 0 Å². The number of ether oxygens (including phenoxy) is 4. The minimum absolute atomic E-state index is 0.0524. The van der Waals surface area contributed by atoms with E-state index in [0.29, 0.717) is 18.8 Å². The Morgan fingerprint density at radius 1 is 1.13 bits per heavy atom. The maximum atomic E-state index is 13.2. The molecule has 4 saturated carbocycles. The Morgan fingerprint density at radius 3 is 2.65 bits per heavy atom. The van der Waals surface area contributed by atoms with E-state index in [1.165, 1.54) is 7.11 Å². The van der Waals surface area contributed by atoms with Crippen molar-refractivity contribution in [3.8, 4) is 0 Å². The van der Waals surface area contributed by atoms with Crippen LogP contribution in [0.25, 0.3) is 0 Å². The number of ketones is 1. The second kappa shape index (κ2) is 5.22. The Bertz CT molecular complexity index is 944. The summed E-state index contributed by atoms with van der Waals surface area (Å²) in [4.78, 5) is 25.8. The predicted octanol–water partition coefficient (Wildman–Crippen LogP) is 3.32. The molecule has 0 N–H and O–H groups in total. The number of allylic oxidation sites excluding steroid dienone is 1. The molecule has 0 aromatic heterocycles. The van der Waals surface area contributed by atoms with Crippen LogP contribution in [0.1, 0.15) is 65.2 Å². The van der Waals surface area contributed by atoms with Crippen LogP contribution in [0.3, 0.4) is 0 Å². The molecule has 10 atom stereocenters. The second-order valence-corrected chi connectivity index (χ2v) is 11.8. The van der Waals surface area contributed by atoms with Crippen LogP contribution in [0.5, 0.6) is 0 Å². The van der Waals surface area contributed by atoms with E-state index in [1.54, 1.807) is 0 Å². The second-order valence-electron chi connectivity index (χ2n) is 11.8. The SMILES string of the molecule is C=C1CC[C@@]2(CCC3C4[C@H](C(=O)OC)C[C@@]56O[C@@H]5C(=O)CC[C@]6(C)[C@]45O[C@H]5C[C@@]32C)O1. The highest BCUT2D eigenvalue weighted by Gasteiger charge is 2.91. The topological polar surface area (TPSA) is 77.7 Å². The first-order chi connectivity index (χ1) is 14.7. The van der Waals surface area contributed by atoms with Crippen molar-refractivity contribution >= 4 is 11.8 Å². The van der Waals surface area contributed by atoms with Crippen molar-refractivity contribution in [2.75, 3.05) is 7.11 Å². The van der Waals surface area contributed by atoms with E-state index in [2.05, 4.69) is 20.4 Å². The third kappa shape index (κ3) is 1.78. The Hall–Kier alpha value is -1.40. The molecule has 6 heteroatoms. The zero-order valence-electron chi connectivity index (χ0n) is 18.7. The average molecular weight is 429 g/mol. The molecule has 3 aliphatic heterocycles. The third-order valence-electron chi connectivity index (χ3n) is 11.3. The van der Waals surface area contributed by atoms with E-state index in [0.717, 1.165) is 44.3 Å². The van der Waals surface area contributed by atoms with Crippen molar-refractivity contribution in [2.45, 2.75) is 94.2 Å². The van der Waals surface area contributed by atoms with Gasteiger partial charge in [-0.05, 0) is 44.4 Å². The van der Waals surface area contributed by atoms with Crippen LogP contribution in [-0.2, 0) is 28.5 Å². The lowest BCUT2D eigenvalue weighted by Crippen LogP contribution is -2.68. The molecule has 0 aromatic carbocycles. The normalized spacial score (nSPS) is 60.3. The van der Waals surface area contributed by atoms with Gasteiger partial charge in [-0.3, -0.25) is 9.59 Å². The van der Waals surface area contributed by atoms with Crippen LogP contribution in [0.15, 0.2) is 12.3 Å². The molecule has 0 bridgehead atoms. The highest BCUT2D eigenvalue weighted by Crippen LogP contribution is 2.82. The van der Waals surface area contributed by atoms with E-state index < -0.39 is 11.2 Å². The lowest BCUT2D eigenvalue weighted by Gasteiger charge is -2.59. The highest BCUT2D eigenvalue weighted by atomic mass is 16.6. The van der Waals surface area contributed by atoms with Gasteiger partial charge < -0.3 is 18.9 Å². The van der Waals surface area contributed by atoms with Crippen molar-refractivity contribution in [3.05, 3.63) is 12.3 Å². The molecule has 0 radical (unpaired) electrons. The molecular weight excluding hydrogens is 396 g/mol. The summed E-state index contributed by atoms with van der Waals surface area (Å²) in [6.07, 6.45) is 6.53. The van der Waals surface area contributed by atoms with E-state index in [9.17, 15) is 9.59 Å². The Morgan fingerprint density at radius 2 is 1.94 bits per heavy atom. The molecule has 7 rings (SSSR count). The molecule has 31 heavy (non-hydrogen) atoms. The van der Waals surface area contributed by atoms with E-state index in [-0.39, 0.29) is 52.2 Å². The molecule has 0 amide bonds. The zero-order valence-corrected chi connectivity index (χ0v) is 18.7. The Balaban J connectivity index is 1.37. The van der Waals surface area contributed by atoms with Gasteiger partial charge in [0, 0.05) is 29.6 Å². The standard InChI is InChI=1S/C25H32O6/c1-13-5-9-23(29-13)10-6-15-18-14(20(27)28-4)11-24-19(31-24)16(26)7-8-22(24,3)25(18)17(30-25)12-21(15,23)2/h14-15,17-19H,1,5-12H2,2-4H3/t14-,15?,17+,18?,19-,21+,22+,23+,24-,25-/m1/s1. The van der Waals surface area contributed by atoms with Gasteiger partial charge in [0.05, 0.1) is 24.9 Å². The molecule has 2 unspecified atom stereocenters. The van der Waals surface area contributed by atoms with Gasteiger partial charge in [0.15, 0.2) is 5.78 Å². The largest absolute Gasteiger partial charge is 0.492 e. The smallest absolute Gasteiger partial charge is 0.309 e. The summed E-state index contributed by atoms with van der Waals surface area (Å²) in [5, 5.41) is 0. The number of carbonyl (C=O) groups is 2. The number of hydrogen-bond donors (Lipinski definition) is 0. The maximum absolute atomic E-state index is 13.2. The number of rotatable bonds is 1. The molecule has 168 valence electrons. The first-order valence-electron chi connectivity index (χ1n) is 12.0. The zero-order chi connectivity index (χ0) is 21.6. The first-order valence-corrected chi connectivity index (χ1v) is 12.0. The van der Waals surface area contributed by atoms with Crippen LogP contribution >= 0.6 is 0 Å². The van der Waals surface area contributed by atoms with Gasteiger partial charge in [-0.25, -0.2) is 0 Å². The summed E-state index contributed by atoms with van der Waals surface area (Å²) < 4.78 is 24.8. The predicted molar refractivity (Wildman–Crippen MR) is 109 cm³/mol. The molecule has 3 heterocycles. The minimum atomic E-state index is -0.561. The molecule has 7 aliphatic rings. The van der Waals surface area contributed by atoms with Crippen LogP contribution in [0.4, 0.5) is 0 Å². The molecular formula is C25H32O6. The number of methoxy groups -OCH3 is 1. The van der Waals surface area contributed by atoms with Gasteiger partial charge in [-0.15, -0.1) is 0 Å². The lowest BCUT2D eigenvalue weighted by atomic mass is 9.41. The summed E-state index contributed by atoms with van der Waals surface area (Å²) in [6, 6.07) is 0. The number of esters is 1. The van der Waals surface area contributed by atoms with Crippen LogP contribution in [0, 0.1) is 28.6 Å². The van der Waals surface area contributed by atoms with Gasteiger partial charge in [-0.1, -0.05) is 20.4 Å². The number of carbonyl (C=O) groups excluding carboxylic acids is 2. The molecule has 6 nitrogen and oxygen atoms in total.